The van der Waals surface area contributed by atoms with Gasteiger partial charge < -0.3 is 10.6 Å². The molecule has 2 N–H and O–H groups in total. The SMILES string of the molecule is CCC1CCC(Nc2ccnc(NC)c2)CC1. The molecule has 0 atom stereocenters. The zero-order chi connectivity index (χ0) is 12.1. The fourth-order valence-corrected chi connectivity index (χ4v) is 2.61. The largest absolute Gasteiger partial charge is 0.382 e. The van der Waals surface area contributed by atoms with Crippen LogP contribution in [0.15, 0.2) is 18.3 Å². The third-order valence-electron chi connectivity index (χ3n) is 3.81. The smallest absolute Gasteiger partial charge is 0.127 e. The van der Waals surface area contributed by atoms with E-state index in [1.54, 1.807) is 0 Å². The van der Waals surface area contributed by atoms with Gasteiger partial charge in [-0.3, -0.25) is 0 Å². The molecule has 0 aliphatic heterocycles. The van der Waals surface area contributed by atoms with Crippen LogP contribution in [-0.2, 0) is 0 Å². The van der Waals surface area contributed by atoms with Crippen molar-refractivity contribution in [3.05, 3.63) is 18.3 Å². The Morgan fingerprint density at radius 2 is 2.06 bits per heavy atom. The molecule has 3 nitrogen and oxygen atoms in total. The summed E-state index contributed by atoms with van der Waals surface area (Å²) in [5, 5.41) is 6.69. The van der Waals surface area contributed by atoms with Crippen molar-refractivity contribution < 1.29 is 0 Å². The molecule has 0 saturated heterocycles. The predicted molar refractivity (Wildman–Crippen MR) is 73.4 cm³/mol. The molecule has 1 aromatic heterocycles. The van der Waals surface area contributed by atoms with Gasteiger partial charge in [-0.05, 0) is 37.7 Å². The van der Waals surface area contributed by atoms with Crippen LogP contribution in [0.4, 0.5) is 11.5 Å². The van der Waals surface area contributed by atoms with Gasteiger partial charge >= 0.3 is 0 Å². The second kappa shape index (κ2) is 5.89. The molecule has 0 bridgehead atoms. The molecule has 94 valence electrons. The van der Waals surface area contributed by atoms with Crippen LogP contribution in [0, 0.1) is 5.92 Å². The molecule has 1 saturated carbocycles. The summed E-state index contributed by atoms with van der Waals surface area (Å²) < 4.78 is 0. The summed E-state index contributed by atoms with van der Waals surface area (Å²) in [4.78, 5) is 4.23. The molecule has 1 aliphatic rings. The summed E-state index contributed by atoms with van der Waals surface area (Å²) in [5.41, 5.74) is 1.18. The molecule has 17 heavy (non-hydrogen) atoms. The van der Waals surface area contributed by atoms with Gasteiger partial charge in [0.1, 0.15) is 5.82 Å². The molecule has 2 rings (SSSR count). The van der Waals surface area contributed by atoms with E-state index in [2.05, 4.69) is 28.6 Å². The lowest BCUT2D eigenvalue weighted by atomic mass is 9.84. The molecule has 1 aliphatic carbocycles. The van der Waals surface area contributed by atoms with Crippen LogP contribution in [0.5, 0.6) is 0 Å². The van der Waals surface area contributed by atoms with E-state index < -0.39 is 0 Å². The Kier molecular flexibility index (Phi) is 4.24. The quantitative estimate of drug-likeness (QED) is 0.835. The highest BCUT2D eigenvalue weighted by atomic mass is 15.0. The first-order valence-electron chi connectivity index (χ1n) is 6.72. The summed E-state index contributed by atoms with van der Waals surface area (Å²) in [6.45, 7) is 2.31. The number of aromatic nitrogens is 1. The van der Waals surface area contributed by atoms with Crippen molar-refractivity contribution in [1.82, 2.24) is 4.98 Å². The van der Waals surface area contributed by atoms with Crippen LogP contribution in [0.1, 0.15) is 39.0 Å². The number of nitrogens with zero attached hydrogens (tertiary/aromatic N) is 1. The minimum atomic E-state index is 0.643. The molecule has 1 aromatic rings. The lowest BCUT2D eigenvalue weighted by Gasteiger charge is -2.29. The van der Waals surface area contributed by atoms with E-state index in [-0.39, 0.29) is 0 Å². The number of nitrogens with one attached hydrogen (secondary N) is 2. The van der Waals surface area contributed by atoms with Crippen molar-refractivity contribution >= 4 is 11.5 Å². The van der Waals surface area contributed by atoms with Gasteiger partial charge in [-0.2, -0.15) is 0 Å². The van der Waals surface area contributed by atoms with E-state index in [4.69, 9.17) is 0 Å². The second-order valence-electron chi connectivity index (χ2n) is 4.95. The normalized spacial score (nSPS) is 24.4. The summed E-state index contributed by atoms with van der Waals surface area (Å²) in [5.74, 6) is 1.88. The Hall–Kier alpha value is -1.25. The van der Waals surface area contributed by atoms with Crippen molar-refractivity contribution in [2.24, 2.45) is 5.92 Å². The van der Waals surface area contributed by atoms with Gasteiger partial charge in [0.2, 0.25) is 0 Å². The maximum atomic E-state index is 4.23. The van der Waals surface area contributed by atoms with Crippen LogP contribution >= 0.6 is 0 Å². The van der Waals surface area contributed by atoms with E-state index in [9.17, 15) is 0 Å². The fourth-order valence-electron chi connectivity index (χ4n) is 2.61. The first-order chi connectivity index (χ1) is 8.31. The van der Waals surface area contributed by atoms with Crippen LogP contribution in [0.3, 0.4) is 0 Å². The van der Waals surface area contributed by atoms with Crippen molar-refractivity contribution in [2.45, 2.75) is 45.1 Å². The molecule has 0 unspecified atom stereocenters. The number of anilines is 2. The van der Waals surface area contributed by atoms with Crippen LogP contribution in [-0.4, -0.2) is 18.1 Å². The highest BCUT2D eigenvalue weighted by molar-refractivity contribution is 5.52. The van der Waals surface area contributed by atoms with Gasteiger partial charge in [-0.15, -0.1) is 0 Å². The van der Waals surface area contributed by atoms with Gasteiger partial charge in [0.15, 0.2) is 0 Å². The summed E-state index contributed by atoms with van der Waals surface area (Å²) in [6.07, 6.45) is 8.54. The van der Waals surface area contributed by atoms with Crippen LogP contribution < -0.4 is 10.6 Å². The average Bonchev–Trinajstić information content (AvgIpc) is 2.40. The lowest BCUT2D eigenvalue weighted by molar-refractivity contribution is 0.330. The third-order valence-corrected chi connectivity index (χ3v) is 3.81. The number of pyridine rings is 1. The molecule has 0 aromatic carbocycles. The van der Waals surface area contributed by atoms with Gasteiger partial charge in [0.05, 0.1) is 0 Å². The monoisotopic (exact) mass is 233 g/mol. The molecule has 0 amide bonds. The average molecular weight is 233 g/mol. The first kappa shape index (κ1) is 12.2. The molecule has 1 heterocycles. The topological polar surface area (TPSA) is 37.0 Å². The van der Waals surface area contributed by atoms with Gasteiger partial charge in [-0.1, -0.05) is 13.3 Å². The summed E-state index contributed by atoms with van der Waals surface area (Å²) in [6, 6.07) is 4.77. The zero-order valence-corrected chi connectivity index (χ0v) is 10.9. The highest BCUT2D eigenvalue weighted by Crippen LogP contribution is 2.28. The van der Waals surface area contributed by atoms with Gasteiger partial charge in [0, 0.05) is 31.0 Å². The molecule has 1 fully saturated rings. The van der Waals surface area contributed by atoms with Crippen molar-refractivity contribution in [1.29, 1.82) is 0 Å². The predicted octanol–water partition coefficient (Wildman–Crippen LogP) is 3.50. The lowest BCUT2D eigenvalue weighted by Crippen LogP contribution is -2.25. The van der Waals surface area contributed by atoms with E-state index in [1.807, 2.05) is 19.3 Å². The summed E-state index contributed by atoms with van der Waals surface area (Å²) >= 11 is 0. The Morgan fingerprint density at radius 1 is 1.29 bits per heavy atom. The third kappa shape index (κ3) is 3.35. The zero-order valence-electron chi connectivity index (χ0n) is 10.9. The Balaban J connectivity index is 1.88. The molecule has 3 heteroatoms. The number of hydrogen-bond donors (Lipinski definition) is 2. The van der Waals surface area contributed by atoms with Crippen LogP contribution in [0.25, 0.3) is 0 Å². The van der Waals surface area contributed by atoms with E-state index >= 15 is 0 Å². The minimum absolute atomic E-state index is 0.643. The van der Waals surface area contributed by atoms with E-state index in [1.165, 1.54) is 37.8 Å². The van der Waals surface area contributed by atoms with Gasteiger partial charge in [0.25, 0.3) is 0 Å². The maximum Gasteiger partial charge on any atom is 0.127 e. The molecular formula is C14H23N3. The Labute approximate surface area is 104 Å². The van der Waals surface area contributed by atoms with Crippen molar-refractivity contribution in [2.75, 3.05) is 17.7 Å². The van der Waals surface area contributed by atoms with Gasteiger partial charge in [-0.25, -0.2) is 4.98 Å². The standard InChI is InChI=1S/C14H23N3/c1-3-11-4-6-12(7-5-11)17-13-8-9-16-14(10-13)15-2/h8-12H,3-7H2,1-2H3,(H2,15,16,17). The fraction of sp³-hybridized carbons (Fsp3) is 0.643. The molecular weight excluding hydrogens is 210 g/mol. The van der Waals surface area contributed by atoms with E-state index in [0.29, 0.717) is 6.04 Å². The highest BCUT2D eigenvalue weighted by Gasteiger charge is 2.19. The van der Waals surface area contributed by atoms with Crippen molar-refractivity contribution in [3.63, 3.8) is 0 Å². The maximum absolute atomic E-state index is 4.23. The Bertz CT molecular complexity index is 343. The molecule has 0 radical (unpaired) electrons. The first-order valence-corrected chi connectivity index (χ1v) is 6.72. The summed E-state index contributed by atoms with van der Waals surface area (Å²) in [7, 11) is 1.90. The number of rotatable bonds is 4. The number of hydrogen-bond acceptors (Lipinski definition) is 3. The molecule has 0 spiro atoms. The Morgan fingerprint density at radius 3 is 2.71 bits per heavy atom. The van der Waals surface area contributed by atoms with E-state index in [0.717, 1.165) is 11.7 Å². The second-order valence-corrected chi connectivity index (χ2v) is 4.95. The minimum Gasteiger partial charge on any atom is -0.382 e. The van der Waals surface area contributed by atoms with Crippen LogP contribution in [0.2, 0.25) is 0 Å². The van der Waals surface area contributed by atoms with Crippen molar-refractivity contribution in [3.8, 4) is 0 Å².